The van der Waals surface area contributed by atoms with Gasteiger partial charge in [0.25, 0.3) is 0 Å². The van der Waals surface area contributed by atoms with Crippen molar-refractivity contribution in [2.45, 2.75) is 6.61 Å². The molecule has 0 aliphatic rings. The highest BCUT2D eigenvalue weighted by Gasteiger charge is 2.08. The van der Waals surface area contributed by atoms with Crippen LogP contribution in [0.25, 0.3) is 0 Å². The Balaban J connectivity index is 2.10. The molecule has 0 aliphatic heterocycles. The molecule has 2 aromatic rings. The van der Waals surface area contributed by atoms with Crippen molar-refractivity contribution in [3.63, 3.8) is 0 Å². The summed E-state index contributed by atoms with van der Waals surface area (Å²) in [4.78, 5) is 10.9. The van der Waals surface area contributed by atoms with Crippen molar-refractivity contribution in [2.75, 3.05) is 0 Å². The molecule has 0 aliphatic carbocycles. The normalized spacial score (nSPS) is 10.2. The van der Waals surface area contributed by atoms with Crippen LogP contribution in [0.4, 0.5) is 8.78 Å². The van der Waals surface area contributed by atoms with Gasteiger partial charge in [-0.2, -0.15) is 0 Å². The fraction of sp³-hybridized carbons (Fsp3) is 0.0714. The van der Waals surface area contributed by atoms with Gasteiger partial charge < -0.3 is 10.5 Å². The molecule has 0 atom stereocenters. The maximum Gasteiger partial charge on any atom is 0.248 e. The first-order valence-electron chi connectivity index (χ1n) is 5.53. The molecule has 0 spiro atoms. The molecule has 19 heavy (non-hydrogen) atoms. The van der Waals surface area contributed by atoms with Gasteiger partial charge in [-0.25, -0.2) is 8.78 Å². The van der Waals surface area contributed by atoms with Gasteiger partial charge in [-0.3, -0.25) is 4.79 Å². The van der Waals surface area contributed by atoms with Crippen molar-refractivity contribution in [1.29, 1.82) is 0 Å². The summed E-state index contributed by atoms with van der Waals surface area (Å²) in [5.41, 5.74) is 5.67. The summed E-state index contributed by atoms with van der Waals surface area (Å²) in [6.07, 6.45) is 0. The number of halogens is 2. The minimum atomic E-state index is -0.712. The van der Waals surface area contributed by atoms with Gasteiger partial charge in [-0.05, 0) is 35.9 Å². The third kappa shape index (κ3) is 3.28. The Kier molecular flexibility index (Phi) is 3.75. The number of nitrogens with two attached hydrogens (primary N) is 1. The molecule has 1 amide bonds. The van der Waals surface area contributed by atoms with E-state index in [1.807, 2.05) is 0 Å². The summed E-state index contributed by atoms with van der Waals surface area (Å²) in [7, 11) is 0. The summed E-state index contributed by atoms with van der Waals surface area (Å²) in [6, 6.07) is 9.51. The lowest BCUT2D eigenvalue weighted by atomic mass is 10.2. The largest absolute Gasteiger partial charge is 0.486 e. The van der Waals surface area contributed by atoms with Crippen LogP contribution < -0.4 is 10.5 Å². The lowest BCUT2D eigenvalue weighted by Crippen LogP contribution is -2.11. The third-order valence-electron chi connectivity index (χ3n) is 2.50. The Labute approximate surface area is 108 Å². The van der Waals surface area contributed by atoms with E-state index in [4.69, 9.17) is 10.5 Å². The SMILES string of the molecule is NC(=O)c1ccc(OCc2cccc(F)c2)c(F)c1. The average Bonchev–Trinajstić information content (AvgIpc) is 2.37. The Morgan fingerprint density at radius 3 is 2.58 bits per heavy atom. The molecular weight excluding hydrogens is 252 g/mol. The smallest absolute Gasteiger partial charge is 0.248 e. The second-order valence-electron chi connectivity index (χ2n) is 3.93. The van der Waals surface area contributed by atoms with Gasteiger partial charge >= 0.3 is 0 Å². The Bertz CT molecular complexity index is 614. The Hall–Kier alpha value is -2.43. The highest BCUT2D eigenvalue weighted by Crippen LogP contribution is 2.19. The number of primary amides is 1. The van der Waals surface area contributed by atoms with Gasteiger partial charge in [-0.1, -0.05) is 12.1 Å². The summed E-state index contributed by atoms with van der Waals surface area (Å²) < 4.78 is 31.7. The first-order chi connectivity index (χ1) is 9.06. The number of hydrogen-bond donors (Lipinski definition) is 1. The number of hydrogen-bond acceptors (Lipinski definition) is 2. The van der Waals surface area contributed by atoms with Crippen LogP contribution >= 0.6 is 0 Å². The van der Waals surface area contributed by atoms with E-state index in [0.717, 1.165) is 6.07 Å². The molecule has 2 rings (SSSR count). The van der Waals surface area contributed by atoms with E-state index < -0.39 is 11.7 Å². The minimum absolute atomic E-state index is 0.0192. The quantitative estimate of drug-likeness (QED) is 0.921. The van der Waals surface area contributed by atoms with Gasteiger partial charge in [0.1, 0.15) is 12.4 Å². The summed E-state index contributed by atoms with van der Waals surface area (Å²) >= 11 is 0. The number of amides is 1. The molecule has 0 unspecified atom stereocenters. The Morgan fingerprint density at radius 2 is 1.95 bits per heavy atom. The van der Waals surface area contributed by atoms with Gasteiger partial charge in [-0.15, -0.1) is 0 Å². The standard InChI is InChI=1S/C14H11F2NO2/c15-11-3-1-2-9(6-11)8-19-13-5-4-10(14(17)18)7-12(13)16/h1-7H,8H2,(H2,17,18). The van der Waals surface area contributed by atoms with Crippen molar-refractivity contribution in [3.05, 3.63) is 65.2 Å². The first kappa shape index (κ1) is 13.0. The van der Waals surface area contributed by atoms with Crippen molar-refractivity contribution < 1.29 is 18.3 Å². The molecule has 0 radical (unpaired) electrons. The van der Waals surface area contributed by atoms with Crippen LogP contribution in [0.2, 0.25) is 0 Å². The predicted molar refractivity (Wildman–Crippen MR) is 65.6 cm³/mol. The van der Waals surface area contributed by atoms with Crippen molar-refractivity contribution in [3.8, 4) is 5.75 Å². The fourth-order valence-corrected chi connectivity index (χ4v) is 1.56. The fourth-order valence-electron chi connectivity index (χ4n) is 1.56. The molecule has 98 valence electrons. The second kappa shape index (κ2) is 5.48. The lowest BCUT2D eigenvalue weighted by Gasteiger charge is -2.08. The van der Waals surface area contributed by atoms with E-state index in [-0.39, 0.29) is 23.7 Å². The summed E-state index contributed by atoms with van der Waals surface area (Å²) in [6.45, 7) is 0.0323. The second-order valence-corrected chi connectivity index (χ2v) is 3.93. The zero-order chi connectivity index (χ0) is 13.8. The zero-order valence-corrected chi connectivity index (χ0v) is 9.90. The van der Waals surface area contributed by atoms with Crippen LogP contribution in [0, 0.1) is 11.6 Å². The van der Waals surface area contributed by atoms with Crippen LogP contribution in [0.5, 0.6) is 5.75 Å². The van der Waals surface area contributed by atoms with E-state index in [0.29, 0.717) is 5.56 Å². The minimum Gasteiger partial charge on any atom is -0.486 e. The van der Waals surface area contributed by atoms with Crippen LogP contribution in [-0.2, 0) is 6.61 Å². The van der Waals surface area contributed by atoms with Gasteiger partial charge in [0.05, 0.1) is 0 Å². The zero-order valence-electron chi connectivity index (χ0n) is 9.90. The van der Waals surface area contributed by atoms with E-state index in [9.17, 15) is 13.6 Å². The van der Waals surface area contributed by atoms with E-state index in [1.165, 1.54) is 24.3 Å². The monoisotopic (exact) mass is 263 g/mol. The molecule has 0 saturated heterocycles. The molecule has 2 N–H and O–H groups in total. The number of carbonyl (C=O) groups is 1. The summed E-state index contributed by atoms with van der Waals surface area (Å²) in [5, 5.41) is 0. The van der Waals surface area contributed by atoms with Gasteiger partial charge in [0.15, 0.2) is 11.6 Å². The molecular formula is C14H11F2NO2. The molecule has 0 aromatic heterocycles. The van der Waals surface area contributed by atoms with Crippen LogP contribution in [0.15, 0.2) is 42.5 Å². The number of ether oxygens (including phenoxy) is 1. The van der Waals surface area contributed by atoms with E-state index in [1.54, 1.807) is 12.1 Å². The Morgan fingerprint density at radius 1 is 1.16 bits per heavy atom. The molecule has 0 heterocycles. The number of rotatable bonds is 4. The summed E-state index contributed by atoms with van der Waals surface area (Å²) in [5.74, 6) is -1.80. The molecule has 2 aromatic carbocycles. The van der Waals surface area contributed by atoms with Crippen LogP contribution in [0.3, 0.4) is 0 Å². The molecule has 0 fully saturated rings. The topological polar surface area (TPSA) is 52.3 Å². The predicted octanol–water partition coefficient (Wildman–Crippen LogP) is 2.64. The van der Waals surface area contributed by atoms with Crippen molar-refractivity contribution in [2.24, 2.45) is 5.73 Å². The van der Waals surface area contributed by atoms with Crippen molar-refractivity contribution in [1.82, 2.24) is 0 Å². The van der Waals surface area contributed by atoms with Crippen LogP contribution in [0.1, 0.15) is 15.9 Å². The number of benzene rings is 2. The van der Waals surface area contributed by atoms with Crippen molar-refractivity contribution >= 4 is 5.91 Å². The van der Waals surface area contributed by atoms with Gasteiger partial charge in [0, 0.05) is 5.56 Å². The maximum absolute atomic E-state index is 13.6. The van der Waals surface area contributed by atoms with Crippen LogP contribution in [-0.4, -0.2) is 5.91 Å². The third-order valence-corrected chi connectivity index (χ3v) is 2.50. The molecule has 3 nitrogen and oxygen atoms in total. The lowest BCUT2D eigenvalue weighted by molar-refractivity contribution is 0.0999. The molecule has 0 bridgehead atoms. The van der Waals surface area contributed by atoms with E-state index >= 15 is 0 Å². The average molecular weight is 263 g/mol. The number of carbonyl (C=O) groups excluding carboxylic acids is 1. The molecule has 5 heteroatoms. The van der Waals surface area contributed by atoms with Gasteiger partial charge in [0.2, 0.25) is 5.91 Å². The highest BCUT2D eigenvalue weighted by molar-refractivity contribution is 5.92. The first-order valence-corrected chi connectivity index (χ1v) is 5.53. The molecule has 0 saturated carbocycles. The highest BCUT2D eigenvalue weighted by atomic mass is 19.1. The van der Waals surface area contributed by atoms with E-state index in [2.05, 4.69) is 0 Å². The maximum atomic E-state index is 13.6.